The summed E-state index contributed by atoms with van der Waals surface area (Å²) in [6.07, 6.45) is 0.966. The van der Waals surface area contributed by atoms with Gasteiger partial charge in [-0.2, -0.15) is 0 Å². The number of rotatable bonds is 6. The molecular weight excluding hydrogens is 556 g/mol. The molecule has 12 heteroatoms. The summed E-state index contributed by atoms with van der Waals surface area (Å²) in [7, 11) is 0. The van der Waals surface area contributed by atoms with Gasteiger partial charge in [0.05, 0.1) is 11.7 Å². The van der Waals surface area contributed by atoms with E-state index in [1.165, 1.54) is 12.1 Å². The molecule has 0 saturated carbocycles. The molecule has 2 N–H and O–H groups in total. The fraction of sp³-hybridized carbons (Fsp3) is 0.387. The number of amides is 2. The average molecular weight is 592 g/mol. The van der Waals surface area contributed by atoms with Gasteiger partial charge in [-0.3, -0.25) is 4.79 Å². The van der Waals surface area contributed by atoms with Gasteiger partial charge in [0.25, 0.3) is 0 Å². The van der Waals surface area contributed by atoms with E-state index in [-0.39, 0.29) is 24.1 Å². The molecule has 1 aromatic carbocycles. The Bertz CT molecular complexity index is 1710. The van der Waals surface area contributed by atoms with Crippen LogP contribution >= 0.6 is 0 Å². The SMILES string of the molecule is Cc1nc2cc(-c3cc(Nc4ccc5c(n4)CCN(C(=O)CNC(=O)OC(C)(C)C)C5)ncc3F)cc(F)c2n1C(C)C. The highest BCUT2D eigenvalue weighted by molar-refractivity contribution is 5.84. The van der Waals surface area contributed by atoms with E-state index >= 15 is 4.39 Å². The van der Waals surface area contributed by atoms with Crippen molar-refractivity contribution in [2.45, 2.75) is 66.2 Å². The highest BCUT2D eigenvalue weighted by atomic mass is 19.1. The van der Waals surface area contributed by atoms with Crippen LogP contribution in [0.4, 0.5) is 25.2 Å². The van der Waals surface area contributed by atoms with Gasteiger partial charge in [-0.15, -0.1) is 0 Å². The lowest BCUT2D eigenvalue weighted by molar-refractivity contribution is -0.131. The largest absolute Gasteiger partial charge is 0.444 e. The van der Waals surface area contributed by atoms with E-state index in [4.69, 9.17) is 4.74 Å². The van der Waals surface area contributed by atoms with Crippen LogP contribution in [0.3, 0.4) is 0 Å². The number of pyridine rings is 2. The third kappa shape index (κ3) is 6.58. The molecule has 0 bridgehead atoms. The van der Waals surface area contributed by atoms with Crippen LogP contribution in [0.1, 0.15) is 57.7 Å². The van der Waals surface area contributed by atoms with Gasteiger partial charge in [0.1, 0.15) is 46.8 Å². The number of aryl methyl sites for hydroxylation is 1. The molecule has 0 atom stereocenters. The van der Waals surface area contributed by atoms with E-state index in [1.807, 2.05) is 31.4 Å². The number of fused-ring (bicyclic) bond motifs is 2. The van der Waals surface area contributed by atoms with Crippen LogP contribution in [0.2, 0.25) is 0 Å². The summed E-state index contributed by atoms with van der Waals surface area (Å²) in [6.45, 7) is 11.6. The Balaban J connectivity index is 1.29. The number of imidazole rings is 1. The van der Waals surface area contributed by atoms with Crippen LogP contribution in [0.5, 0.6) is 0 Å². The molecule has 0 spiro atoms. The first kappa shape index (κ1) is 29.9. The lowest BCUT2D eigenvalue weighted by atomic mass is 10.0. The summed E-state index contributed by atoms with van der Waals surface area (Å²) >= 11 is 0. The zero-order chi connectivity index (χ0) is 31.1. The van der Waals surface area contributed by atoms with Crippen molar-refractivity contribution in [1.29, 1.82) is 0 Å². The Morgan fingerprint density at radius 2 is 1.84 bits per heavy atom. The molecule has 0 aliphatic carbocycles. The molecule has 0 unspecified atom stereocenters. The average Bonchev–Trinajstić information content (AvgIpc) is 3.28. The maximum Gasteiger partial charge on any atom is 0.408 e. The van der Waals surface area contributed by atoms with Crippen molar-refractivity contribution in [2.75, 3.05) is 18.4 Å². The zero-order valence-electron chi connectivity index (χ0n) is 25.1. The quantitative estimate of drug-likeness (QED) is 0.291. The van der Waals surface area contributed by atoms with E-state index < -0.39 is 23.3 Å². The van der Waals surface area contributed by atoms with Crippen molar-refractivity contribution in [3.8, 4) is 11.1 Å². The van der Waals surface area contributed by atoms with E-state index in [0.29, 0.717) is 53.6 Å². The molecule has 0 fully saturated rings. The topological polar surface area (TPSA) is 114 Å². The Hall–Kier alpha value is -4.61. The third-order valence-corrected chi connectivity index (χ3v) is 7.04. The summed E-state index contributed by atoms with van der Waals surface area (Å²) in [5, 5.41) is 5.61. The van der Waals surface area contributed by atoms with Crippen molar-refractivity contribution in [2.24, 2.45) is 0 Å². The highest BCUT2D eigenvalue weighted by Gasteiger charge is 2.24. The molecule has 4 heterocycles. The lowest BCUT2D eigenvalue weighted by Gasteiger charge is -2.29. The lowest BCUT2D eigenvalue weighted by Crippen LogP contribution is -2.43. The number of aromatic nitrogens is 4. The third-order valence-electron chi connectivity index (χ3n) is 7.04. The van der Waals surface area contributed by atoms with Crippen LogP contribution in [0.25, 0.3) is 22.2 Å². The fourth-order valence-electron chi connectivity index (χ4n) is 5.22. The van der Waals surface area contributed by atoms with Gasteiger partial charge in [0, 0.05) is 36.8 Å². The zero-order valence-corrected chi connectivity index (χ0v) is 25.1. The number of hydrogen-bond donors (Lipinski definition) is 2. The molecule has 1 aliphatic rings. The first-order valence-corrected chi connectivity index (χ1v) is 14.1. The Labute approximate surface area is 248 Å². The molecule has 226 valence electrons. The second kappa shape index (κ2) is 11.6. The maximum atomic E-state index is 15.2. The van der Waals surface area contributed by atoms with E-state index in [1.54, 1.807) is 37.8 Å². The highest BCUT2D eigenvalue weighted by Crippen LogP contribution is 2.32. The summed E-state index contributed by atoms with van der Waals surface area (Å²) in [5.74, 6) is 0.243. The minimum absolute atomic E-state index is 0.0210. The van der Waals surface area contributed by atoms with Crippen molar-refractivity contribution in [1.82, 2.24) is 29.7 Å². The summed E-state index contributed by atoms with van der Waals surface area (Å²) in [5.41, 5.74) is 2.43. The van der Waals surface area contributed by atoms with Crippen molar-refractivity contribution < 1.29 is 23.1 Å². The minimum Gasteiger partial charge on any atom is -0.444 e. The molecule has 3 aromatic heterocycles. The predicted molar refractivity (Wildman–Crippen MR) is 159 cm³/mol. The van der Waals surface area contributed by atoms with Gasteiger partial charge in [-0.1, -0.05) is 6.07 Å². The number of benzene rings is 1. The number of hydrogen-bond acceptors (Lipinski definition) is 7. The monoisotopic (exact) mass is 591 g/mol. The minimum atomic E-state index is -0.650. The van der Waals surface area contributed by atoms with Crippen LogP contribution < -0.4 is 10.6 Å². The maximum absolute atomic E-state index is 15.2. The molecule has 43 heavy (non-hydrogen) atoms. The number of halogens is 2. The number of carbonyl (C=O) groups excluding carboxylic acids is 2. The Morgan fingerprint density at radius 3 is 2.56 bits per heavy atom. The van der Waals surface area contributed by atoms with E-state index in [0.717, 1.165) is 17.5 Å². The van der Waals surface area contributed by atoms with Crippen LogP contribution in [0, 0.1) is 18.6 Å². The predicted octanol–water partition coefficient (Wildman–Crippen LogP) is 5.81. The first-order chi connectivity index (χ1) is 20.3. The fourth-order valence-corrected chi connectivity index (χ4v) is 5.22. The second-order valence-corrected chi connectivity index (χ2v) is 11.8. The molecule has 2 amide bonds. The van der Waals surface area contributed by atoms with Crippen LogP contribution in [-0.4, -0.2) is 55.1 Å². The van der Waals surface area contributed by atoms with Gasteiger partial charge in [-0.05, 0) is 76.9 Å². The second-order valence-electron chi connectivity index (χ2n) is 11.8. The Morgan fingerprint density at radius 1 is 1.07 bits per heavy atom. The molecule has 0 saturated heterocycles. The first-order valence-electron chi connectivity index (χ1n) is 14.1. The summed E-state index contributed by atoms with van der Waals surface area (Å²) < 4.78 is 37.2. The molecule has 10 nitrogen and oxygen atoms in total. The smallest absolute Gasteiger partial charge is 0.408 e. The number of alkyl carbamates (subject to hydrolysis) is 1. The molecule has 1 aliphatic heterocycles. The molecule has 5 rings (SSSR count). The van der Waals surface area contributed by atoms with Crippen LogP contribution in [0.15, 0.2) is 36.5 Å². The van der Waals surface area contributed by atoms with Gasteiger partial charge in [0.2, 0.25) is 5.91 Å². The number of nitrogens with zero attached hydrogens (tertiary/aromatic N) is 5. The van der Waals surface area contributed by atoms with Gasteiger partial charge >= 0.3 is 6.09 Å². The van der Waals surface area contributed by atoms with E-state index in [2.05, 4.69) is 25.6 Å². The summed E-state index contributed by atoms with van der Waals surface area (Å²) in [6, 6.07) is 8.15. The normalized spacial score (nSPS) is 13.3. The van der Waals surface area contributed by atoms with Crippen LogP contribution in [-0.2, 0) is 22.5 Å². The molecule has 4 aromatic rings. The number of anilines is 2. The van der Waals surface area contributed by atoms with E-state index in [9.17, 15) is 14.0 Å². The van der Waals surface area contributed by atoms with Gasteiger partial charge < -0.3 is 24.8 Å². The Kier molecular flexibility index (Phi) is 8.04. The number of nitrogens with one attached hydrogen (secondary N) is 2. The van der Waals surface area contributed by atoms with Crippen molar-refractivity contribution in [3.05, 3.63) is 65.2 Å². The standard InChI is InChI=1S/C31H35F2N7O3/c1-17(2)40-18(3)36-25-12-20(11-22(32)29(25)40)21-13-27(34-14-23(21)33)38-26-8-7-19-16-39(10-9-24(19)37-26)28(41)15-35-30(42)43-31(4,5)6/h7-8,11-14,17H,9-10,15-16H2,1-6H3,(H,35,42)(H,34,37,38). The number of carbonyl (C=O) groups is 2. The van der Waals surface area contributed by atoms with Gasteiger partial charge in [-0.25, -0.2) is 28.5 Å². The summed E-state index contributed by atoms with van der Waals surface area (Å²) in [4.78, 5) is 39.5. The number of ether oxygens (including phenoxy) is 1. The van der Waals surface area contributed by atoms with Crippen molar-refractivity contribution in [3.63, 3.8) is 0 Å². The van der Waals surface area contributed by atoms with Crippen molar-refractivity contribution >= 4 is 34.7 Å². The molecular formula is C31H35F2N7O3. The van der Waals surface area contributed by atoms with Gasteiger partial charge in [0.15, 0.2) is 0 Å². The molecule has 0 radical (unpaired) electrons.